The molecule has 0 aliphatic rings. The van der Waals surface area contributed by atoms with Gasteiger partial charge in [-0.2, -0.15) is 0 Å². The minimum absolute atomic E-state index is 0.176. The molecule has 0 amide bonds. The Balaban J connectivity index is 0. The monoisotopic (exact) mass is 308 g/mol. The topological polar surface area (TPSA) is 117 Å². The van der Waals surface area contributed by atoms with Crippen LogP contribution in [0.15, 0.2) is 12.2 Å². The zero-order chi connectivity index (χ0) is 16.4. The smallest absolute Gasteiger partial charge is 0.478 e. The van der Waals surface area contributed by atoms with Crippen LogP contribution in [0.3, 0.4) is 0 Å². The predicted molar refractivity (Wildman–Crippen MR) is 79.8 cm³/mol. The average molecular weight is 308 g/mol. The molecule has 0 radical (unpaired) electrons. The van der Waals surface area contributed by atoms with E-state index in [-0.39, 0.29) is 5.57 Å². The third-order valence-electron chi connectivity index (χ3n) is 2.44. The van der Waals surface area contributed by atoms with E-state index >= 15 is 0 Å². The number of carboxylic acids is 1. The first kappa shape index (κ1) is 21.5. The molecule has 0 aliphatic carbocycles. The average Bonchev–Trinajstić information content (AvgIpc) is 2.38. The van der Waals surface area contributed by atoms with Crippen molar-refractivity contribution >= 4 is 14.8 Å². The molecule has 0 atom stereocenters. The molecule has 5 N–H and O–H groups in total. The molecule has 0 saturated heterocycles. The van der Waals surface area contributed by atoms with E-state index in [1.54, 1.807) is 14.2 Å². The lowest BCUT2D eigenvalue weighted by atomic mass is 10.3. The Morgan fingerprint density at radius 3 is 1.90 bits per heavy atom. The van der Waals surface area contributed by atoms with E-state index in [0.29, 0.717) is 6.42 Å². The van der Waals surface area contributed by atoms with Crippen LogP contribution in [0.1, 0.15) is 33.6 Å². The quantitative estimate of drug-likeness (QED) is 0.351. The van der Waals surface area contributed by atoms with Crippen LogP contribution in [0.2, 0.25) is 6.04 Å². The summed E-state index contributed by atoms with van der Waals surface area (Å²) in [4.78, 5) is 9.60. The number of hydrogen-bond acceptors (Lipinski definition) is 6. The largest absolute Gasteiger partial charge is 0.502 e. The van der Waals surface area contributed by atoms with Crippen LogP contribution in [0.4, 0.5) is 0 Å². The summed E-state index contributed by atoms with van der Waals surface area (Å²) in [5.41, 5.74) is 11.6. The fourth-order valence-corrected chi connectivity index (χ4v) is 3.27. The second kappa shape index (κ2) is 10.0. The molecular formula is C12H28N2O5Si. The molecule has 0 aromatic heterocycles. The molecule has 8 heteroatoms. The first-order chi connectivity index (χ1) is 9.09. The van der Waals surface area contributed by atoms with Gasteiger partial charge in [-0.15, -0.1) is 0 Å². The molecule has 0 aliphatic heterocycles. The summed E-state index contributed by atoms with van der Waals surface area (Å²) in [5.74, 6) is -2.09. The van der Waals surface area contributed by atoms with Crippen LogP contribution in [0.25, 0.3) is 0 Å². The van der Waals surface area contributed by atoms with E-state index in [2.05, 4.69) is 6.58 Å². The molecule has 0 bridgehead atoms. The molecule has 0 aromatic carbocycles. The second-order valence-corrected chi connectivity index (χ2v) is 7.22. The highest BCUT2D eigenvalue weighted by molar-refractivity contribution is 6.60. The van der Waals surface area contributed by atoms with Crippen molar-refractivity contribution in [2.75, 3.05) is 14.2 Å². The highest BCUT2D eigenvalue weighted by atomic mass is 28.4. The number of carbonyl (C=O) groups is 1. The van der Waals surface area contributed by atoms with Gasteiger partial charge in [-0.1, -0.05) is 26.8 Å². The van der Waals surface area contributed by atoms with Crippen LogP contribution >= 0.6 is 0 Å². The summed E-state index contributed by atoms with van der Waals surface area (Å²) >= 11 is 0. The van der Waals surface area contributed by atoms with Gasteiger partial charge in [0.1, 0.15) is 0 Å². The molecule has 0 fully saturated rings. The number of carboxylic acid groups (broad SMARTS) is 1. The SMILES string of the molecule is C=C(C)C(=O)O.CCC[Si](OC)(OC)OC(N)(N)CC. The first-order valence-electron chi connectivity index (χ1n) is 6.36. The van der Waals surface area contributed by atoms with E-state index in [4.69, 9.17) is 29.9 Å². The molecule has 0 heterocycles. The summed E-state index contributed by atoms with van der Waals surface area (Å²) in [7, 11) is 0.483. The molecule has 0 saturated carbocycles. The lowest BCUT2D eigenvalue weighted by Gasteiger charge is -2.34. The molecule has 0 spiro atoms. The van der Waals surface area contributed by atoms with Crippen molar-refractivity contribution in [1.29, 1.82) is 0 Å². The Kier molecular flexibility index (Phi) is 10.8. The predicted octanol–water partition coefficient (Wildman–Crippen LogP) is 1.27. The maximum absolute atomic E-state index is 9.60. The van der Waals surface area contributed by atoms with E-state index in [9.17, 15) is 4.79 Å². The van der Waals surface area contributed by atoms with E-state index in [1.807, 2.05) is 13.8 Å². The van der Waals surface area contributed by atoms with Crippen LogP contribution in [0, 0.1) is 0 Å². The molecular weight excluding hydrogens is 280 g/mol. The Hall–Kier alpha value is -0.773. The normalized spacial score (nSPS) is 11.6. The van der Waals surface area contributed by atoms with Gasteiger partial charge in [0, 0.05) is 32.3 Å². The van der Waals surface area contributed by atoms with Gasteiger partial charge >= 0.3 is 14.8 Å². The first-order valence-corrected chi connectivity index (χ1v) is 8.29. The minimum atomic E-state index is -2.65. The Bertz CT molecular complexity index is 294. The van der Waals surface area contributed by atoms with Gasteiger partial charge in [0.25, 0.3) is 0 Å². The van der Waals surface area contributed by atoms with Gasteiger partial charge in [0.2, 0.25) is 0 Å². The molecule has 0 aromatic rings. The number of hydrogen-bond donors (Lipinski definition) is 3. The van der Waals surface area contributed by atoms with Crippen molar-refractivity contribution < 1.29 is 23.2 Å². The molecule has 0 unspecified atom stereocenters. The van der Waals surface area contributed by atoms with E-state index in [1.165, 1.54) is 6.92 Å². The van der Waals surface area contributed by atoms with Crippen LogP contribution in [-0.4, -0.2) is 39.9 Å². The van der Waals surface area contributed by atoms with Gasteiger partial charge in [0.15, 0.2) is 5.85 Å². The van der Waals surface area contributed by atoms with Gasteiger partial charge in [-0.05, 0) is 6.92 Å². The molecule has 120 valence electrons. The second-order valence-electron chi connectivity index (χ2n) is 4.34. The fourth-order valence-electron chi connectivity index (χ4n) is 1.09. The lowest BCUT2D eigenvalue weighted by Crippen LogP contribution is -2.60. The van der Waals surface area contributed by atoms with Crippen molar-refractivity contribution in [3.05, 3.63) is 12.2 Å². The summed E-state index contributed by atoms with van der Waals surface area (Å²) in [6, 6.07) is 0.718. The zero-order valence-electron chi connectivity index (χ0n) is 13.1. The Labute approximate surface area is 122 Å². The maximum Gasteiger partial charge on any atom is 0.502 e. The zero-order valence-corrected chi connectivity index (χ0v) is 14.1. The molecule has 7 nitrogen and oxygen atoms in total. The van der Waals surface area contributed by atoms with Crippen molar-refractivity contribution in [3.63, 3.8) is 0 Å². The van der Waals surface area contributed by atoms with Gasteiger partial charge < -0.3 is 18.4 Å². The molecule has 0 rings (SSSR count). The number of aliphatic carboxylic acids is 1. The van der Waals surface area contributed by atoms with Gasteiger partial charge in [-0.3, -0.25) is 11.5 Å². The third kappa shape index (κ3) is 9.18. The van der Waals surface area contributed by atoms with Crippen molar-refractivity contribution in [2.24, 2.45) is 11.5 Å². The van der Waals surface area contributed by atoms with Crippen LogP contribution in [-0.2, 0) is 18.1 Å². The third-order valence-corrected chi connectivity index (χ3v) is 5.49. The van der Waals surface area contributed by atoms with E-state index < -0.39 is 20.6 Å². The highest BCUT2D eigenvalue weighted by Gasteiger charge is 2.43. The highest BCUT2D eigenvalue weighted by Crippen LogP contribution is 2.20. The fraction of sp³-hybridized carbons (Fsp3) is 0.750. The summed E-state index contributed by atoms with van der Waals surface area (Å²) < 4.78 is 16.2. The van der Waals surface area contributed by atoms with Gasteiger partial charge in [0.05, 0.1) is 0 Å². The van der Waals surface area contributed by atoms with Crippen molar-refractivity contribution in [2.45, 2.75) is 45.5 Å². The van der Waals surface area contributed by atoms with Crippen LogP contribution in [0.5, 0.6) is 0 Å². The summed E-state index contributed by atoms with van der Waals surface area (Å²) in [6.45, 7) is 8.49. The maximum atomic E-state index is 9.60. The van der Waals surface area contributed by atoms with Gasteiger partial charge in [-0.25, -0.2) is 4.79 Å². The number of rotatable bonds is 8. The summed E-state index contributed by atoms with van der Waals surface area (Å²) in [5, 5.41) is 7.89. The van der Waals surface area contributed by atoms with E-state index in [0.717, 1.165) is 12.5 Å². The van der Waals surface area contributed by atoms with Crippen molar-refractivity contribution in [1.82, 2.24) is 0 Å². The summed E-state index contributed by atoms with van der Waals surface area (Å²) in [6.07, 6.45) is 1.42. The van der Waals surface area contributed by atoms with Crippen LogP contribution < -0.4 is 11.5 Å². The Morgan fingerprint density at radius 2 is 1.70 bits per heavy atom. The number of nitrogens with two attached hydrogens (primary N) is 2. The lowest BCUT2D eigenvalue weighted by molar-refractivity contribution is -0.132. The van der Waals surface area contributed by atoms with Crippen molar-refractivity contribution in [3.8, 4) is 0 Å². The minimum Gasteiger partial charge on any atom is -0.478 e. The molecule has 20 heavy (non-hydrogen) atoms. The standard InChI is InChI=1S/C8H22N2O3Si.C4H6O2/c1-5-7-14(11-3,12-4)13-8(9,10)6-2;1-3(2)4(5)6/h5-7,9-10H2,1-4H3;1H2,2H3,(H,5,6). The Morgan fingerprint density at radius 1 is 1.30 bits per heavy atom.